The van der Waals surface area contributed by atoms with Crippen molar-refractivity contribution < 1.29 is 19.8 Å². The maximum absolute atomic E-state index is 12.4. The average Bonchev–Trinajstić information content (AvgIpc) is 3.05. The Morgan fingerprint density at radius 1 is 1.11 bits per heavy atom. The zero-order valence-corrected chi connectivity index (χ0v) is 16.8. The van der Waals surface area contributed by atoms with Crippen molar-refractivity contribution in [1.82, 2.24) is 0 Å². The van der Waals surface area contributed by atoms with E-state index in [1.165, 1.54) is 0 Å². The van der Waals surface area contributed by atoms with E-state index in [2.05, 4.69) is 6.92 Å². The second kappa shape index (κ2) is 11.6. The van der Waals surface area contributed by atoms with Crippen LogP contribution in [-0.2, 0) is 9.59 Å². The van der Waals surface area contributed by atoms with Gasteiger partial charge in [-0.15, -0.1) is 0 Å². The highest BCUT2D eigenvalue weighted by molar-refractivity contribution is 6.23. The van der Waals surface area contributed by atoms with Gasteiger partial charge in [-0.2, -0.15) is 0 Å². The van der Waals surface area contributed by atoms with Crippen LogP contribution in [0.2, 0.25) is 0 Å². The smallest absolute Gasteiger partial charge is 0.303 e. The lowest BCUT2D eigenvalue weighted by molar-refractivity contribution is -0.137. The van der Waals surface area contributed by atoms with Crippen LogP contribution in [0, 0.1) is 0 Å². The summed E-state index contributed by atoms with van der Waals surface area (Å²) in [5.41, 5.74) is 3.81. The van der Waals surface area contributed by atoms with Gasteiger partial charge in [0, 0.05) is 18.4 Å². The zero-order valence-electron chi connectivity index (χ0n) is 16.8. The number of Topliss-reactive ketones (excluding diaryl/α,β-unsaturated/α-hetero) is 1. The van der Waals surface area contributed by atoms with E-state index in [4.69, 9.17) is 5.11 Å². The van der Waals surface area contributed by atoms with Crippen molar-refractivity contribution in [3.8, 4) is 0 Å². The van der Waals surface area contributed by atoms with Crippen molar-refractivity contribution >= 4 is 17.3 Å². The number of hydrogen-bond donors (Lipinski definition) is 2. The molecule has 0 heterocycles. The van der Waals surface area contributed by atoms with E-state index in [0.717, 1.165) is 67.2 Å². The molecule has 0 unspecified atom stereocenters. The van der Waals surface area contributed by atoms with Gasteiger partial charge in [-0.1, -0.05) is 68.2 Å². The molecule has 2 N–H and O–H groups in total. The van der Waals surface area contributed by atoms with Crippen LogP contribution in [0.3, 0.4) is 0 Å². The van der Waals surface area contributed by atoms with Crippen LogP contribution in [-0.4, -0.2) is 22.0 Å². The molecule has 1 aliphatic carbocycles. The number of carbonyl (C=O) groups excluding carboxylic acids is 1. The minimum absolute atomic E-state index is 0.186. The Hall–Kier alpha value is -2.20. The molecule has 4 heteroatoms. The monoisotopic (exact) mass is 384 g/mol. The summed E-state index contributed by atoms with van der Waals surface area (Å²) in [5.74, 6) is -0.579. The van der Waals surface area contributed by atoms with Gasteiger partial charge in [0.15, 0.2) is 5.78 Å². The number of ketones is 1. The third-order valence-electron chi connectivity index (χ3n) is 5.24. The van der Waals surface area contributed by atoms with Gasteiger partial charge in [0.05, 0.1) is 6.10 Å². The summed E-state index contributed by atoms with van der Waals surface area (Å²) in [6.07, 6.45) is 11.3. The fourth-order valence-electron chi connectivity index (χ4n) is 3.62. The largest absolute Gasteiger partial charge is 0.481 e. The van der Waals surface area contributed by atoms with E-state index in [0.29, 0.717) is 12.8 Å². The number of benzene rings is 1. The molecule has 0 aromatic heterocycles. The minimum Gasteiger partial charge on any atom is -0.481 e. The van der Waals surface area contributed by atoms with Gasteiger partial charge in [0.2, 0.25) is 0 Å². The topological polar surface area (TPSA) is 74.6 Å². The maximum Gasteiger partial charge on any atom is 0.303 e. The third-order valence-corrected chi connectivity index (χ3v) is 5.24. The predicted octanol–water partition coefficient (Wildman–Crippen LogP) is 5.62. The standard InChI is InChI=1S/C24H32O4/c1-2-3-6-10-21(25)18-12-14-20(15-13-18)24-19(16-17-22(24)26)9-7-4-5-8-11-23(27)28/h4,7,12-15,21,25H,2-3,5-6,8-11,16-17H2,1H3,(H,27,28)/b7-4-/t21-/m1/s1. The number of rotatable bonds is 12. The summed E-state index contributed by atoms with van der Waals surface area (Å²) < 4.78 is 0. The summed E-state index contributed by atoms with van der Waals surface area (Å²) in [7, 11) is 0. The van der Waals surface area contributed by atoms with Crippen molar-refractivity contribution in [2.24, 2.45) is 0 Å². The van der Waals surface area contributed by atoms with E-state index in [1.807, 2.05) is 36.4 Å². The Morgan fingerprint density at radius 3 is 2.54 bits per heavy atom. The first kappa shape index (κ1) is 22.1. The van der Waals surface area contributed by atoms with Crippen LogP contribution in [0.25, 0.3) is 5.57 Å². The van der Waals surface area contributed by atoms with E-state index in [9.17, 15) is 14.7 Å². The second-order valence-corrected chi connectivity index (χ2v) is 7.50. The normalized spacial score (nSPS) is 15.6. The molecule has 1 aromatic carbocycles. The van der Waals surface area contributed by atoms with E-state index in [-0.39, 0.29) is 12.2 Å². The van der Waals surface area contributed by atoms with Gasteiger partial charge < -0.3 is 10.2 Å². The fourth-order valence-corrected chi connectivity index (χ4v) is 3.62. The quantitative estimate of drug-likeness (QED) is 0.362. The highest BCUT2D eigenvalue weighted by Crippen LogP contribution is 2.34. The van der Waals surface area contributed by atoms with Gasteiger partial charge in [0.25, 0.3) is 0 Å². The van der Waals surface area contributed by atoms with Gasteiger partial charge in [-0.25, -0.2) is 0 Å². The number of hydrogen-bond acceptors (Lipinski definition) is 3. The van der Waals surface area contributed by atoms with Crippen molar-refractivity contribution in [2.45, 2.75) is 77.2 Å². The molecule has 4 nitrogen and oxygen atoms in total. The summed E-state index contributed by atoms with van der Waals surface area (Å²) >= 11 is 0. The summed E-state index contributed by atoms with van der Waals surface area (Å²) in [6, 6.07) is 7.77. The SMILES string of the molecule is CCCCC[C@@H](O)c1ccc(C2=C(C/C=C\CCCC(=O)O)CCC2=O)cc1. The average molecular weight is 385 g/mol. The van der Waals surface area contributed by atoms with Crippen LogP contribution in [0.5, 0.6) is 0 Å². The van der Waals surface area contributed by atoms with E-state index >= 15 is 0 Å². The third kappa shape index (κ3) is 6.75. The first-order valence-electron chi connectivity index (χ1n) is 10.4. The number of carboxylic acid groups (broad SMARTS) is 1. The second-order valence-electron chi connectivity index (χ2n) is 7.50. The number of allylic oxidation sites excluding steroid dienone is 4. The van der Waals surface area contributed by atoms with Crippen LogP contribution < -0.4 is 0 Å². The molecule has 0 saturated carbocycles. The van der Waals surface area contributed by atoms with Gasteiger partial charge >= 0.3 is 5.97 Å². The van der Waals surface area contributed by atoms with E-state index < -0.39 is 12.1 Å². The van der Waals surface area contributed by atoms with Crippen molar-refractivity contribution in [2.75, 3.05) is 0 Å². The molecule has 0 radical (unpaired) electrons. The lowest BCUT2D eigenvalue weighted by Gasteiger charge is -2.12. The molecule has 152 valence electrons. The van der Waals surface area contributed by atoms with Crippen LogP contribution in [0.15, 0.2) is 42.0 Å². The Kier molecular flexibility index (Phi) is 9.15. The molecular weight excluding hydrogens is 352 g/mol. The van der Waals surface area contributed by atoms with Crippen LogP contribution in [0.4, 0.5) is 0 Å². The lowest BCUT2D eigenvalue weighted by atomic mass is 9.96. The van der Waals surface area contributed by atoms with Gasteiger partial charge in [0.1, 0.15) is 0 Å². The first-order valence-corrected chi connectivity index (χ1v) is 10.4. The number of aliphatic carboxylic acids is 1. The minimum atomic E-state index is -0.765. The molecule has 0 aliphatic heterocycles. The van der Waals surface area contributed by atoms with Gasteiger partial charge in [-0.3, -0.25) is 9.59 Å². The fraction of sp³-hybridized carbons (Fsp3) is 0.500. The summed E-state index contributed by atoms with van der Waals surface area (Å²) in [5, 5.41) is 19.0. The predicted molar refractivity (Wildman–Crippen MR) is 112 cm³/mol. The lowest BCUT2D eigenvalue weighted by Crippen LogP contribution is -2.00. The number of carbonyl (C=O) groups is 2. The molecule has 2 rings (SSSR count). The Balaban J connectivity index is 1.99. The van der Waals surface area contributed by atoms with Crippen LogP contribution >= 0.6 is 0 Å². The summed E-state index contributed by atoms with van der Waals surface area (Å²) in [4.78, 5) is 22.9. The summed E-state index contributed by atoms with van der Waals surface area (Å²) in [6.45, 7) is 2.15. The van der Waals surface area contributed by atoms with Gasteiger partial charge in [-0.05, 0) is 43.2 Å². The molecule has 0 fully saturated rings. The highest BCUT2D eigenvalue weighted by atomic mass is 16.4. The molecule has 1 aromatic rings. The van der Waals surface area contributed by atoms with Crippen molar-refractivity contribution in [3.05, 3.63) is 53.1 Å². The first-order chi connectivity index (χ1) is 13.5. The zero-order chi connectivity index (χ0) is 20.4. The molecule has 0 amide bonds. The number of unbranched alkanes of at least 4 members (excludes halogenated alkanes) is 3. The van der Waals surface area contributed by atoms with Crippen molar-refractivity contribution in [3.63, 3.8) is 0 Å². The molecule has 1 atom stereocenters. The molecule has 28 heavy (non-hydrogen) atoms. The molecule has 0 saturated heterocycles. The Morgan fingerprint density at radius 2 is 1.86 bits per heavy atom. The molecule has 0 bridgehead atoms. The number of aliphatic hydroxyl groups is 1. The number of aliphatic hydroxyl groups excluding tert-OH is 1. The molecular formula is C24H32O4. The van der Waals surface area contributed by atoms with Crippen LogP contribution in [0.1, 0.15) is 88.4 Å². The Labute approximate surface area is 168 Å². The molecule has 1 aliphatic rings. The van der Waals surface area contributed by atoms with E-state index in [1.54, 1.807) is 0 Å². The molecule has 0 spiro atoms. The number of carboxylic acids is 1. The Bertz CT molecular complexity index is 713. The van der Waals surface area contributed by atoms with Crippen molar-refractivity contribution in [1.29, 1.82) is 0 Å². The maximum atomic E-state index is 12.4. The highest BCUT2D eigenvalue weighted by Gasteiger charge is 2.23.